The number of hydrogen-bond acceptors (Lipinski definition) is 4. The number of carboxylic acids is 1. The highest BCUT2D eigenvalue weighted by atomic mass is 19.4. The molecule has 0 saturated carbocycles. The van der Waals surface area contributed by atoms with Crippen molar-refractivity contribution in [1.29, 1.82) is 5.26 Å². The number of nitrogens with zero attached hydrogens (tertiary/aromatic N) is 1. The van der Waals surface area contributed by atoms with Gasteiger partial charge in [0.05, 0.1) is 5.56 Å². The fraction of sp³-hybridized carbons (Fsp3) is 0.154. The molecule has 1 aromatic rings. The fourth-order valence-corrected chi connectivity index (χ4v) is 1.41. The first-order valence-corrected chi connectivity index (χ1v) is 5.67. The van der Waals surface area contributed by atoms with E-state index in [4.69, 9.17) is 10.4 Å². The minimum Gasteiger partial charge on any atom is -0.510 e. The Bertz CT molecular complexity index is 657. The lowest BCUT2D eigenvalue weighted by molar-refractivity contribution is -0.138. The minimum atomic E-state index is -4.53. The average molecular weight is 314 g/mol. The molecule has 9 heteroatoms. The molecule has 0 atom stereocenters. The molecular weight excluding hydrogens is 305 g/mol. The number of aliphatic hydroxyl groups excluding tert-OH is 1. The lowest BCUT2D eigenvalue weighted by Gasteiger charge is -2.09. The first kappa shape index (κ1) is 17.0. The maximum absolute atomic E-state index is 12.4. The summed E-state index contributed by atoms with van der Waals surface area (Å²) in [4.78, 5) is 22.1. The normalized spacial score (nSPS) is 12.1. The molecule has 0 saturated heterocycles. The predicted molar refractivity (Wildman–Crippen MR) is 67.6 cm³/mol. The van der Waals surface area contributed by atoms with Gasteiger partial charge in [0.2, 0.25) is 0 Å². The molecule has 1 amide bonds. The maximum atomic E-state index is 12.4. The van der Waals surface area contributed by atoms with Gasteiger partial charge in [-0.15, -0.1) is 0 Å². The molecule has 0 aliphatic rings. The number of nitriles is 1. The van der Waals surface area contributed by atoms with Crippen LogP contribution in [0, 0.1) is 11.3 Å². The summed E-state index contributed by atoms with van der Waals surface area (Å²) in [7, 11) is 0. The maximum Gasteiger partial charge on any atom is 0.416 e. The lowest BCUT2D eigenvalue weighted by atomic mass is 10.1. The van der Waals surface area contributed by atoms with Crippen LogP contribution in [0.25, 0.3) is 0 Å². The third kappa shape index (κ3) is 4.52. The number of carbonyl (C=O) groups is 2. The number of aliphatic hydroxyl groups is 1. The van der Waals surface area contributed by atoms with Crippen LogP contribution in [0.5, 0.6) is 0 Å². The molecule has 0 aliphatic heterocycles. The number of nitrogens with one attached hydrogen (secondary N) is 1. The standard InChI is InChI=1S/C13H9F3N2O4/c14-13(15,16)7-1-3-8(4-2-7)18-12(22)9(6-17)10(19)5-11(20)21/h1-4,19H,5H2,(H,18,22)(H,20,21)/b10-9+. The Labute approximate surface area is 122 Å². The second kappa shape index (κ2) is 6.62. The molecule has 1 aromatic carbocycles. The number of halogens is 3. The van der Waals surface area contributed by atoms with E-state index in [0.717, 1.165) is 24.3 Å². The number of benzene rings is 1. The molecule has 0 aliphatic carbocycles. The number of alkyl halides is 3. The summed E-state index contributed by atoms with van der Waals surface area (Å²) in [5.74, 6) is -3.52. The number of hydrogen-bond donors (Lipinski definition) is 3. The van der Waals surface area contributed by atoms with Gasteiger partial charge in [0.25, 0.3) is 5.91 Å². The van der Waals surface area contributed by atoms with Crippen LogP contribution in [0.2, 0.25) is 0 Å². The van der Waals surface area contributed by atoms with Crippen molar-refractivity contribution >= 4 is 17.6 Å². The van der Waals surface area contributed by atoms with Gasteiger partial charge in [0.1, 0.15) is 18.2 Å². The highest BCUT2D eigenvalue weighted by Gasteiger charge is 2.30. The molecular formula is C13H9F3N2O4. The van der Waals surface area contributed by atoms with E-state index in [2.05, 4.69) is 5.32 Å². The molecule has 6 nitrogen and oxygen atoms in total. The van der Waals surface area contributed by atoms with E-state index < -0.39 is 41.4 Å². The van der Waals surface area contributed by atoms with Gasteiger partial charge in [-0.3, -0.25) is 9.59 Å². The number of carboxylic acid groups (broad SMARTS) is 1. The number of rotatable bonds is 4. The van der Waals surface area contributed by atoms with Gasteiger partial charge in [0, 0.05) is 5.69 Å². The monoisotopic (exact) mass is 314 g/mol. The van der Waals surface area contributed by atoms with E-state index in [0.29, 0.717) is 0 Å². The topological polar surface area (TPSA) is 110 Å². The van der Waals surface area contributed by atoms with Crippen molar-refractivity contribution in [3.05, 3.63) is 41.2 Å². The van der Waals surface area contributed by atoms with E-state index in [1.165, 1.54) is 6.07 Å². The van der Waals surface area contributed by atoms with Crippen molar-refractivity contribution in [2.75, 3.05) is 5.32 Å². The fourth-order valence-electron chi connectivity index (χ4n) is 1.41. The van der Waals surface area contributed by atoms with Crippen LogP contribution in [-0.2, 0) is 15.8 Å². The van der Waals surface area contributed by atoms with E-state index in [1.54, 1.807) is 0 Å². The third-order valence-corrected chi connectivity index (χ3v) is 2.42. The van der Waals surface area contributed by atoms with Crippen molar-refractivity contribution in [2.45, 2.75) is 12.6 Å². The largest absolute Gasteiger partial charge is 0.510 e. The molecule has 22 heavy (non-hydrogen) atoms. The molecule has 0 fully saturated rings. The van der Waals surface area contributed by atoms with Crippen LogP contribution in [0.3, 0.4) is 0 Å². The summed E-state index contributed by atoms with van der Waals surface area (Å²) in [5, 5.41) is 28.6. The van der Waals surface area contributed by atoms with Gasteiger partial charge >= 0.3 is 12.1 Å². The molecule has 0 radical (unpaired) electrons. The van der Waals surface area contributed by atoms with Crippen molar-refractivity contribution in [1.82, 2.24) is 0 Å². The van der Waals surface area contributed by atoms with E-state index in [-0.39, 0.29) is 5.69 Å². The average Bonchev–Trinajstić information content (AvgIpc) is 2.38. The molecule has 0 heterocycles. The van der Waals surface area contributed by atoms with Gasteiger partial charge in [-0.1, -0.05) is 0 Å². The quantitative estimate of drug-likeness (QED) is 0.449. The van der Waals surface area contributed by atoms with Crippen LogP contribution in [0.1, 0.15) is 12.0 Å². The van der Waals surface area contributed by atoms with Gasteiger partial charge in [0.15, 0.2) is 5.57 Å². The summed E-state index contributed by atoms with van der Waals surface area (Å²) in [6, 6.07) is 4.71. The number of aliphatic carboxylic acids is 1. The van der Waals surface area contributed by atoms with Crippen LogP contribution < -0.4 is 5.32 Å². The van der Waals surface area contributed by atoms with Crippen molar-refractivity contribution < 1.29 is 33.0 Å². The van der Waals surface area contributed by atoms with Crippen LogP contribution >= 0.6 is 0 Å². The second-order valence-electron chi connectivity index (χ2n) is 4.03. The highest BCUT2D eigenvalue weighted by Crippen LogP contribution is 2.29. The predicted octanol–water partition coefficient (Wildman–Crippen LogP) is 2.45. The first-order chi connectivity index (χ1) is 10.1. The Kier molecular flexibility index (Phi) is 5.13. The zero-order valence-corrected chi connectivity index (χ0v) is 10.8. The smallest absolute Gasteiger partial charge is 0.416 e. The Balaban J connectivity index is 2.92. The van der Waals surface area contributed by atoms with Gasteiger partial charge < -0.3 is 15.5 Å². The Morgan fingerprint density at radius 3 is 2.14 bits per heavy atom. The zero-order chi connectivity index (χ0) is 16.9. The molecule has 0 spiro atoms. The molecule has 0 aromatic heterocycles. The number of amides is 1. The van der Waals surface area contributed by atoms with Crippen LogP contribution in [0.4, 0.5) is 18.9 Å². The third-order valence-electron chi connectivity index (χ3n) is 2.42. The van der Waals surface area contributed by atoms with Crippen LogP contribution in [0.15, 0.2) is 35.6 Å². The molecule has 116 valence electrons. The summed E-state index contributed by atoms with van der Waals surface area (Å²) < 4.78 is 37.1. The van der Waals surface area contributed by atoms with Crippen molar-refractivity contribution in [2.24, 2.45) is 0 Å². The molecule has 3 N–H and O–H groups in total. The molecule has 0 unspecified atom stereocenters. The Morgan fingerprint density at radius 1 is 1.18 bits per heavy atom. The summed E-state index contributed by atoms with van der Waals surface area (Å²) in [5.41, 5.74) is -1.80. The summed E-state index contributed by atoms with van der Waals surface area (Å²) >= 11 is 0. The Hall–Kier alpha value is -3.02. The Morgan fingerprint density at radius 2 is 1.73 bits per heavy atom. The molecule has 1 rings (SSSR count). The second-order valence-corrected chi connectivity index (χ2v) is 4.03. The zero-order valence-electron chi connectivity index (χ0n) is 10.8. The van der Waals surface area contributed by atoms with E-state index in [1.807, 2.05) is 0 Å². The van der Waals surface area contributed by atoms with E-state index >= 15 is 0 Å². The number of carbonyl (C=O) groups excluding carboxylic acids is 1. The lowest BCUT2D eigenvalue weighted by Crippen LogP contribution is -2.16. The van der Waals surface area contributed by atoms with Crippen molar-refractivity contribution in [3.8, 4) is 6.07 Å². The SMILES string of the molecule is N#C/C(C(=O)Nc1ccc(C(F)(F)F)cc1)=C(\O)CC(=O)O. The molecule has 0 bridgehead atoms. The minimum absolute atomic E-state index is 0.0473. The number of anilines is 1. The summed E-state index contributed by atoms with van der Waals surface area (Å²) in [6.45, 7) is 0. The van der Waals surface area contributed by atoms with Gasteiger partial charge in [-0.2, -0.15) is 18.4 Å². The van der Waals surface area contributed by atoms with Gasteiger partial charge in [-0.25, -0.2) is 0 Å². The highest BCUT2D eigenvalue weighted by molar-refractivity contribution is 6.07. The summed E-state index contributed by atoms with van der Waals surface area (Å²) in [6.07, 6.45) is -5.46. The first-order valence-electron chi connectivity index (χ1n) is 5.67. The van der Waals surface area contributed by atoms with Crippen LogP contribution in [-0.4, -0.2) is 22.1 Å². The van der Waals surface area contributed by atoms with E-state index in [9.17, 15) is 27.9 Å². The van der Waals surface area contributed by atoms with Crippen molar-refractivity contribution in [3.63, 3.8) is 0 Å². The van der Waals surface area contributed by atoms with Gasteiger partial charge in [-0.05, 0) is 24.3 Å².